The summed E-state index contributed by atoms with van der Waals surface area (Å²) in [5.41, 5.74) is 0.910. The van der Waals surface area contributed by atoms with Crippen molar-refractivity contribution in [2.75, 3.05) is 6.54 Å². The first-order valence-corrected chi connectivity index (χ1v) is 7.23. The molecule has 5 heteroatoms. The first-order valence-electron chi connectivity index (χ1n) is 6.44. The number of carboxylic acids is 1. The van der Waals surface area contributed by atoms with Crippen LogP contribution in [-0.4, -0.2) is 17.6 Å². The molecule has 0 spiro atoms. The van der Waals surface area contributed by atoms with Gasteiger partial charge in [0.2, 0.25) is 0 Å². The molecule has 0 amide bonds. The average Bonchev–Trinajstić information content (AvgIpc) is 2.32. The van der Waals surface area contributed by atoms with Gasteiger partial charge in [-0.05, 0) is 49.6 Å². The molecule has 1 unspecified atom stereocenters. The van der Waals surface area contributed by atoms with Crippen LogP contribution in [-0.2, 0) is 4.79 Å². The van der Waals surface area contributed by atoms with Gasteiger partial charge in [-0.1, -0.05) is 22.9 Å². The van der Waals surface area contributed by atoms with Crippen LogP contribution >= 0.6 is 15.9 Å². The van der Waals surface area contributed by atoms with Gasteiger partial charge in [0.15, 0.2) is 0 Å². The molecule has 0 aromatic heterocycles. The van der Waals surface area contributed by atoms with Crippen LogP contribution < -0.4 is 5.32 Å². The van der Waals surface area contributed by atoms with Gasteiger partial charge in [-0.3, -0.25) is 4.79 Å². The predicted octanol–water partition coefficient (Wildman–Crippen LogP) is 3.88. The molecular formula is C14H19BrFNO2. The molecule has 0 fully saturated rings. The van der Waals surface area contributed by atoms with E-state index < -0.39 is 5.97 Å². The summed E-state index contributed by atoms with van der Waals surface area (Å²) in [7, 11) is 0. The number of benzene rings is 1. The molecule has 2 N–H and O–H groups in total. The number of halogens is 2. The Morgan fingerprint density at radius 1 is 1.42 bits per heavy atom. The summed E-state index contributed by atoms with van der Waals surface area (Å²) in [6, 6.07) is 4.96. The van der Waals surface area contributed by atoms with E-state index in [0.29, 0.717) is 6.42 Å². The van der Waals surface area contributed by atoms with Crippen LogP contribution in [0.3, 0.4) is 0 Å². The smallest absolute Gasteiger partial charge is 0.303 e. The predicted molar refractivity (Wildman–Crippen MR) is 76.6 cm³/mol. The second kappa shape index (κ2) is 8.27. The molecular weight excluding hydrogens is 313 g/mol. The maximum atomic E-state index is 13.3. The minimum Gasteiger partial charge on any atom is -0.481 e. The van der Waals surface area contributed by atoms with Crippen LogP contribution in [0.5, 0.6) is 0 Å². The fraction of sp³-hybridized carbons (Fsp3) is 0.500. The largest absolute Gasteiger partial charge is 0.481 e. The van der Waals surface area contributed by atoms with Gasteiger partial charge in [0.1, 0.15) is 5.82 Å². The Morgan fingerprint density at radius 2 is 2.16 bits per heavy atom. The van der Waals surface area contributed by atoms with Crippen molar-refractivity contribution >= 4 is 21.9 Å². The zero-order valence-corrected chi connectivity index (χ0v) is 12.5. The average molecular weight is 332 g/mol. The summed E-state index contributed by atoms with van der Waals surface area (Å²) in [4.78, 5) is 10.4. The maximum Gasteiger partial charge on any atom is 0.303 e. The molecule has 1 aromatic carbocycles. The van der Waals surface area contributed by atoms with Crippen LogP contribution in [0, 0.1) is 5.82 Å². The summed E-state index contributed by atoms with van der Waals surface area (Å²) in [5.74, 6) is -1.02. The highest BCUT2D eigenvalue weighted by Crippen LogP contribution is 2.22. The molecule has 0 heterocycles. The van der Waals surface area contributed by atoms with Gasteiger partial charge in [0, 0.05) is 16.9 Å². The second-order valence-electron chi connectivity index (χ2n) is 4.47. The zero-order chi connectivity index (χ0) is 14.3. The van der Waals surface area contributed by atoms with E-state index >= 15 is 0 Å². The number of rotatable bonds is 8. The highest BCUT2D eigenvalue weighted by Gasteiger charge is 2.10. The van der Waals surface area contributed by atoms with E-state index in [-0.39, 0.29) is 18.3 Å². The molecule has 0 saturated heterocycles. The number of aliphatic carboxylic acids is 1. The fourth-order valence-electron chi connectivity index (χ4n) is 1.95. The van der Waals surface area contributed by atoms with E-state index in [1.54, 1.807) is 0 Å². The van der Waals surface area contributed by atoms with Crippen LogP contribution in [0.1, 0.15) is 44.2 Å². The first-order chi connectivity index (χ1) is 9.02. The van der Waals surface area contributed by atoms with Crippen molar-refractivity contribution in [2.45, 2.75) is 38.6 Å². The highest BCUT2D eigenvalue weighted by atomic mass is 79.9. The van der Waals surface area contributed by atoms with Crippen molar-refractivity contribution < 1.29 is 14.3 Å². The van der Waals surface area contributed by atoms with Gasteiger partial charge in [0.05, 0.1) is 0 Å². The number of carbonyl (C=O) groups is 1. The number of unbranched alkanes of at least 4 members (excludes halogenated alkanes) is 1. The third-order valence-corrected chi connectivity index (χ3v) is 3.36. The van der Waals surface area contributed by atoms with Crippen molar-refractivity contribution in [1.82, 2.24) is 5.32 Å². The Bertz CT molecular complexity index is 406. The molecule has 106 valence electrons. The van der Waals surface area contributed by atoms with E-state index in [4.69, 9.17) is 5.11 Å². The molecule has 0 bridgehead atoms. The van der Waals surface area contributed by atoms with Crippen LogP contribution in [0.2, 0.25) is 0 Å². The summed E-state index contributed by atoms with van der Waals surface area (Å²) in [6.45, 7) is 2.77. The van der Waals surface area contributed by atoms with Crippen LogP contribution in [0.4, 0.5) is 4.39 Å². The minimum absolute atomic E-state index is 0.0943. The fourth-order valence-corrected chi connectivity index (χ4v) is 2.43. The lowest BCUT2D eigenvalue weighted by Gasteiger charge is -2.17. The van der Waals surface area contributed by atoms with Crippen LogP contribution in [0.15, 0.2) is 22.7 Å². The number of carboxylic acid groups (broad SMARTS) is 1. The SMILES string of the molecule is CCC(NCCCCC(=O)O)c1cc(F)cc(Br)c1. The van der Waals surface area contributed by atoms with Crippen molar-refractivity contribution in [2.24, 2.45) is 0 Å². The molecule has 0 saturated carbocycles. The zero-order valence-electron chi connectivity index (χ0n) is 11.0. The third-order valence-electron chi connectivity index (χ3n) is 2.90. The lowest BCUT2D eigenvalue weighted by Crippen LogP contribution is -2.22. The molecule has 19 heavy (non-hydrogen) atoms. The van der Waals surface area contributed by atoms with E-state index in [2.05, 4.69) is 21.2 Å². The van der Waals surface area contributed by atoms with E-state index in [9.17, 15) is 9.18 Å². The highest BCUT2D eigenvalue weighted by molar-refractivity contribution is 9.10. The van der Waals surface area contributed by atoms with Crippen molar-refractivity contribution in [1.29, 1.82) is 0 Å². The topological polar surface area (TPSA) is 49.3 Å². The summed E-state index contributed by atoms with van der Waals surface area (Å²) < 4.78 is 14.1. The maximum absolute atomic E-state index is 13.3. The van der Waals surface area contributed by atoms with Gasteiger partial charge in [0.25, 0.3) is 0 Å². The third kappa shape index (κ3) is 6.16. The van der Waals surface area contributed by atoms with E-state index in [0.717, 1.165) is 29.4 Å². The van der Waals surface area contributed by atoms with Crippen molar-refractivity contribution in [3.63, 3.8) is 0 Å². The summed E-state index contributed by atoms with van der Waals surface area (Å²) >= 11 is 3.29. The quantitative estimate of drug-likeness (QED) is 0.710. The number of hydrogen-bond acceptors (Lipinski definition) is 2. The second-order valence-corrected chi connectivity index (χ2v) is 5.38. The molecule has 0 aliphatic heterocycles. The van der Waals surface area contributed by atoms with Crippen molar-refractivity contribution in [3.8, 4) is 0 Å². The van der Waals surface area contributed by atoms with E-state index in [1.165, 1.54) is 12.1 Å². The van der Waals surface area contributed by atoms with Crippen LogP contribution in [0.25, 0.3) is 0 Å². The normalized spacial score (nSPS) is 12.4. The molecule has 0 radical (unpaired) electrons. The first kappa shape index (κ1) is 16.1. The van der Waals surface area contributed by atoms with Gasteiger partial charge in [-0.2, -0.15) is 0 Å². The summed E-state index contributed by atoms with van der Waals surface area (Å²) in [6.07, 6.45) is 2.52. The van der Waals surface area contributed by atoms with E-state index in [1.807, 2.05) is 13.0 Å². The molecule has 1 aromatic rings. The Balaban J connectivity index is 2.46. The lowest BCUT2D eigenvalue weighted by atomic mass is 10.0. The van der Waals surface area contributed by atoms with Gasteiger partial charge >= 0.3 is 5.97 Å². The molecule has 3 nitrogen and oxygen atoms in total. The Labute approximate surface area is 121 Å². The van der Waals surface area contributed by atoms with Crippen molar-refractivity contribution in [3.05, 3.63) is 34.1 Å². The van der Waals surface area contributed by atoms with Gasteiger partial charge < -0.3 is 10.4 Å². The number of nitrogens with one attached hydrogen (secondary N) is 1. The van der Waals surface area contributed by atoms with Gasteiger partial charge in [-0.15, -0.1) is 0 Å². The molecule has 0 aliphatic carbocycles. The Morgan fingerprint density at radius 3 is 2.74 bits per heavy atom. The minimum atomic E-state index is -0.763. The number of hydrogen-bond donors (Lipinski definition) is 2. The molecule has 1 rings (SSSR count). The monoisotopic (exact) mass is 331 g/mol. The molecule has 1 atom stereocenters. The molecule has 0 aliphatic rings. The Hall–Kier alpha value is -0.940. The van der Waals surface area contributed by atoms with Gasteiger partial charge in [-0.25, -0.2) is 4.39 Å². The summed E-state index contributed by atoms with van der Waals surface area (Å²) in [5, 5.41) is 11.9. The standard InChI is InChI=1S/C14H19BrFNO2/c1-2-13(17-6-4-3-5-14(18)19)10-7-11(15)9-12(16)8-10/h7-9,13,17H,2-6H2,1H3,(H,18,19). The Kier molecular flexibility index (Phi) is 7.02. The lowest BCUT2D eigenvalue weighted by molar-refractivity contribution is -0.137.